The summed E-state index contributed by atoms with van der Waals surface area (Å²) in [6, 6.07) is 10.6. The molecule has 0 atom stereocenters. The van der Waals surface area contributed by atoms with Crippen molar-refractivity contribution < 1.29 is 19.4 Å². The van der Waals surface area contributed by atoms with Gasteiger partial charge in [-0.3, -0.25) is 0 Å². The summed E-state index contributed by atoms with van der Waals surface area (Å²) >= 11 is 0. The molecule has 0 aliphatic rings. The first-order valence-electron chi connectivity index (χ1n) is 6.69. The minimum absolute atomic E-state index is 0.287. The molecule has 2 aromatic rings. The highest BCUT2D eigenvalue weighted by molar-refractivity contribution is 6.05. The maximum Gasteiger partial charge on any atom is 0.336 e. The first kappa shape index (κ1) is 14.3. The van der Waals surface area contributed by atoms with Gasteiger partial charge in [-0.2, -0.15) is 0 Å². The number of carbonyl (C=O) groups is 1. The fourth-order valence-corrected chi connectivity index (χ4v) is 2.04. The molecule has 106 valence electrons. The number of carboxylic acid groups (broad SMARTS) is 1. The summed E-state index contributed by atoms with van der Waals surface area (Å²) in [5.74, 6) is -0.246. The van der Waals surface area contributed by atoms with Gasteiger partial charge >= 0.3 is 5.97 Å². The Morgan fingerprint density at radius 1 is 1.05 bits per heavy atom. The summed E-state index contributed by atoms with van der Waals surface area (Å²) in [7, 11) is 0. The van der Waals surface area contributed by atoms with Crippen LogP contribution in [0, 0.1) is 0 Å². The predicted octanol–water partition coefficient (Wildman–Crippen LogP) is 3.34. The Hall–Kier alpha value is -2.07. The fourth-order valence-electron chi connectivity index (χ4n) is 2.04. The zero-order chi connectivity index (χ0) is 14.4. The Kier molecular flexibility index (Phi) is 4.96. The van der Waals surface area contributed by atoms with Crippen LogP contribution in [0.2, 0.25) is 0 Å². The van der Waals surface area contributed by atoms with Crippen molar-refractivity contribution in [2.45, 2.75) is 13.3 Å². The lowest BCUT2D eigenvalue weighted by Gasteiger charge is -2.11. The Morgan fingerprint density at radius 2 is 1.80 bits per heavy atom. The van der Waals surface area contributed by atoms with E-state index in [1.165, 1.54) is 0 Å². The van der Waals surface area contributed by atoms with Crippen molar-refractivity contribution in [3.05, 3.63) is 42.0 Å². The summed E-state index contributed by atoms with van der Waals surface area (Å²) in [5, 5.41) is 10.7. The van der Waals surface area contributed by atoms with Crippen molar-refractivity contribution in [3.63, 3.8) is 0 Å². The average molecular weight is 274 g/mol. The molecule has 2 rings (SSSR count). The second kappa shape index (κ2) is 6.91. The number of aromatic carboxylic acids is 1. The van der Waals surface area contributed by atoms with E-state index < -0.39 is 5.97 Å². The minimum atomic E-state index is -0.931. The van der Waals surface area contributed by atoms with E-state index >= 15 is 0 Å². The zero-order valence-electron chi connectivity index (χ0n) is 11.5. The molecule has 0 heterocycles. The van der Waals surface area contributed by atoms with Gasteiger partial charge in [0.15, 0.2) is 0 Å². The SMILES string of the molecule is CCCOCCOc1ccc(C(=O)O)c2ccccc12. The standard InChI is InChI=1S/C16H18O4/c1-2-9-19-10-11-20-15-8-7-14(16(17)18)12-5-3-4-6-13(12)15/h3-8H,2,9-11H2,1H3,(H,17,18). The van der Waals surface area contributed by atoms with Gasteiger partial charge in [0.2, 0.25) is 0 Å². The fraction of sp³-hybridized carbons (Fsp3) is 0.312. The van der Waals surface area contributed by atoms with E-state index in [4.69, 9.17) is 9.47 Å². The Bertz CT molecular complexity index is 592. The van der Waals surface area contributed by atoms with Crippen LogP contribution in [0.4, 0.5) is 0 Å². The van der Waals surface area contributed by atoms with Crippen LogP contribution in [0.3, 0.4) is 0 Å². The molecule has 0 saturated heterocycles. The van der Waals surface area contributed by atoms with Crippen LogP contribution in [0.15, 0.2) is 36.4 Å². The molecule has 0 fully saturated rings. The second-order valence-corrected chi connectivity index (χ2v) is 4.42. The van der Waals surface area contributed by atoms with Crippen molar-refractivity contribution in [3.8, 4) is 5.75 Å². The van der Waals surface area contributed by atoms with Crippen LogP contribution in [0.1, 0.15) is 23.7 Å². The van der Waals surface area contributed by atoms with Gasteiger partial charge in [0.1, 0.15) is 12.4 Å². The van der Waals surface area contributed by atoms with Crippen LogP contribution in [0.5, 0.6) is 5.75 Å². The van der Waals surface area contributed by atoms with E-state index in [1.807, 2.05) is 18.2 Å². The highest BCUT2D eigenvalue weighted by Crippen LogP contribution is 2.28. The Labute approximate surface area is 117 Å². The van der Waals surface area contributed by atoms with Gasteiger partial charge in [-0.05, 0) is 23.9 Å². The molecule has 0 aromatic heterocycles. The molecule has 0 spiro atoms. The zero-order valence-corrected chi connectivity index (χ0v) is 11.5. The number of fused-ring (bicyclic) bond motifs is 1. The number of hydrogen-bond acceptors (Lipinski definition) is 3. The normalized spacial score (nSPS) is 10.7. The summed E-state index contributed by atoms with van der Waals surface area (Å²) in [5.41, 5.74) is 0.287. The van der Waals surface area contributed by atoms with Crippen molar-refractivity contribution in [2.75, 3.05) is 19.8 Å². The molecule has 4 heteroatoms. The summed E-state index contributed by atoms with van der Waals surface area (Å²) in [6.07, 6.45) is 0.982. The molecule has 4 nitrogen and oxygen atoms in total. The lowest BCUT2D eigenvalue weighted by molar-refractivity contribution is 0.0699. The van der Waals surface area contributed by atoms with Crippen LogP contribution < -0.4 is 4.74 Å². The van der Waals surface area contributed by atoms with E-state index in [9.17, 15) is 9.90 Å². The van der Waals surface area contributed by atoms with Gasteiger partial charge in [0, 0.05) is 12.0 Å². The molecule has 0 aliphatic heterocycles. The van der Waals surface area contributed by atoms with Crippen LogP contribution >= 0.6 is 0 Å². The minimum Gasteiger partial charge on any atom is -0.491 e. The second-order valence-electron chi connectivity index (χ2n) is 4.42. The van der Waals surface area contributed by atoms with Gasteiger partial charge in [-0.15, -0.1) is 0 Å². The molecule has 0 unspecified atom stereocenters. The van der Waals surface area contributed by atoms with Crippen molar-refractivity contribution in [2.24, 2.45) is 0 Å². The third-order valence-corrected chi connectivity index (χ3v) is 2.95. The lowest BCUT2D eigenvalue weighted by atomic mass is 10.0. The van der Waals surface area contributed by atoms with Crippen LogP contribution in [-0.4, -0.2) is 30.9 Å². The monoisotopic (exact) mass is 274 g/mol. The summed E-state index contributed by atoms with van der Waals surface area (Å²) in [4.78, 5) is 11.2. The summed E-state index contributed by atoms with van der Waals surface area (Å²) < 4.78 is 11.0. The van der Waals surface area contributed by atoms with Crippen molar-refractivity contribution in [1.29, 1.82) is 0 Å². The molecular formula is C16H18O4. The van der Waals surface area contributed by atoms with Gasteiger partial charge < -0.3 is 14.6 Å². The smallest absolute Gasteiger partial charge is 0.336 e. The van der Waals surface area contributed by atoms with E-state index in [2.05, 4.69) is 6.92 Å². The van der Waals surface area contributed by atoms with Gasteiger partial charge in [-0.1, -0.05) is 31.2 Å². The first-order valence-corrected chi connectivity index (χ1v) is 6.69. The van der Waals surface area contributed by atoms with Crippen molar-refractivity contribution >= 4 is 16.7 Å². The topological polar surface area (TPSA) is 55.8 Å². The largest absolute Gasteiger partial charge is 0.491 e. The van der Waals surface area contributed by atoms with E-state index in [-0.39, 0.29) is 5.56 Å². The molecule has 0 radical (unpaired) electrons. The molecule has 1 N–H and O–H groups in total. The molecule has 0 aliphatic carbocycles. The molecule has 0 bridgehead atoms. The Balaban J connectivity index is 2.18. The number of ether oxygens (including phenoxy) is 2. The highest BCUT2D eigenvalue weighted by atomic mass is 16.5. The maximum absolute atomic E-state index is 11.2. The van der Waals surface area contributed by atoms with E-state index in [1.54, 1.807) is 18.2 Å². The van der Waals surface area contributed by atoms with Crippen LogP contribution in [0.25, 0.3) is 10.8 Å². The molecule has 2 aromatic carbocycles. The molecule has 0 saturated carbocycles. The van der Waals surface area contributed by atoms with E-state index in [0.29, 0.717) is 24.3 Å². The molecule has 0 amide bonds. The van der Waals surface area contributed by atoms with Gasteiger partial charge in [0.05, 0.1) is 12.2 Å². The number of benzene rings is 2. The number of rotatable bonds is 7. The first-order chi connectivity index (χ1) is 9.74. The van der Waals surface area contributed by atoms with Crippen LogP contribution in [-0.2, 0) is 4.74 Å². The lowest BCUT2D eigenvalue weighted by Crippen LogP contribution is -2.08. The highest BCUT2D eigenvalue weighted by Gasteiger charge is 2.11. The average Bonchev–Trinajstić information content (AvgIpc) is 2.46. The van der Waals surface area contributed by atoms with Crippen molar-refractivity contribution in [1.82, 2.24) is 0 Å². The van der Waals surface area contributed by atoms with Gasteiger partial charge in [0.25, 0.3) is 0 Å². The molecular weight excluding hydrogens is 256 g/mol. The van der Waals surface area contributed by atoms with E-state index in [0.717, 1.165) is 18.4 Å². The summed E-state index contributed by atoms with van der Waals surface area (Å²) in [6.45, 7) is 3.76. The Morgan fingerprint density at radius 3 is 2.50 bits per heavy atom. The molecule has 20 heavy (non-hydrogen) atoms. The van der Waals surface area contributed by atoms with Gasteiger partial charge in [-0.25, -0.2) is 4.79 Å². The maximum atomic E-state index is 11.2. The number of hydrogen-bond donors (Lipinski definition) is 1. The third kappa shape index (κ3) is 3.27. The predicted molar refractivity (Wildman–Crippen MR) is 77.5 cm³/mol. The quantitative estimate of drug-likeness (QED) is 0.787. The number of carboxylic acids is 1. The third-order valence-electron chi connectivity index (χ3n) is 2.95.